The number of anilines is 1. The number of carboxylic acids is 1. The highest BCUT2D eigenvalue weighted by atomic mass is 32.2. The molecule has 1 heterocycles. The molecule has 1 aromatic rings. The standard InChI is InChI=1S/C13H20N4O2S/c1-16(9-6-7-9)12-14-15-13(20-8-11(18)19)17(12)10-4-2-3-5-10/h9-10H,2-8H2,1H3,(H,18,19). The van der Waals surface area contributed by atoms with Gasteiger partial charge in [0.25, 0.3) is 0 Å². The molecule has 3 rings (SSSR count). The van der Waals surface area contributed by atoms with Gasteiger partial charge in [-0.1, -0.05) is 24.6 Å². The first kappa shape index (κ1) is 13.7. The van der Waals surface area contributed by atoms with Crippen LogP contribution in [0, 0.1) is 0 Å². The SMILES string of the molecule is CN(c1nnc(SCC(=O)O)n1C1CCCC1)C1CC1. The minimum Gasteiger partial charge on any atom is -0.481 e. The predicted molar refractivity (Wildman–Crippen MR) is 77.3 cm³/mol. The number of hydrogen-bond acceptors (Lipinski definition) is 5. The van der Waals surface area contributed by atoms with Gasteiger partial charge in [-0.25, -0.2) is 0 Å². The fraction of sp³-hybridized carbons (Fsp3) is 0.769. The zero-order valence-corrected chi connectivity index (χ0v) is 12.5. The first-order valence-corrected chi connectivity index (χ1v) is 8.17. The summed E-state index contributed by atoms with van der Waals surface area (Å²) < 4.78 is 2.18. The molecule has 6 nitrogen and oxygen atoms in total. The van der Waals surface area contributed by atoms with Gasteiger partial charge in [0.1, 0.15) is 0 Å². The number of thioether (sulfide) groups is 1. The molecule has 0 radical (unpaired) electrons. The van der Waals surface area contributed by atoms with Gasteiger partial charge in [0.05, 0.1) is 5.75 Å². The van der Waals surface area contributed by atoms with Gasteiger partial charge in [0.15, 0.2) is 5.16 Å². The highest BCUT2D eigenvalue weighted by Gasteiger charge is 2.32. The molecule has 0 bridgehead atoms. The maximum atomic E-state index is 10.8. The number of aromatic nitrogens is 3. The minimum atomic E-state index is -0.812. The molecule has 0 aliphatic heterocycles. The van der Waals surface area contributed by atoms with Crippen molar-refractivity contribution in [1.29, 1.82) is 0 Å². The molecule has 110 valence electrons. The lowest BCUT2D eigenvalue weighted by molar-refractivity contribution is -0.133. The third-order valence-electron chi connectivity index (χ3n) is 4.07. The maximum Gasteiger partial charge on any atom is 0.313 e. The Kier molecular flexibility index (Phi) is 3.87. The summed E-state index contributed by atoms with van der Waals surface area (Å²) in [7, 11) is 2.07. The van der Waals surface area contributed by atoms with Gasteiger partial charge in [-0.3, -0.25) is 9.36 Å². The minimum absolute atomic E-state index is 0.0397. The molecule has 20 heavy (non-hydrogen) atoms. The summed E-state index contributed by atoms with van der Waals surface area (Å²) in [6, 6.07) is 1.01. The fourth-order valence-corrected chi connectivity index (χ4v) is 3.56. The average Bonchev–Trinajstić information content (AvgIpc) is 2.98. The Bertz CT molecular complexity index is 495. The van der Waals surface area contributed by atoms with E-state index in [1.165, 1.54) is 37.4 Å². The zero-order valence-electron chi connectivity index (χ0n) is 11.7. The summed E-state index contributed by atoms with van der Waals surface area (Å²) in [5.41, 5.74) is 0. The second kappa shape index (κ2) is 5.63. The van der Waals surface area contributed by atoms with Crippen molar-refractivity contribution in [3.63, 3.8) is 0 Å². The van der Waals surface area contributed by atoms with E-state index < -0.39 is 5.97 Å². The molecule has 7 heteroatoms. The zero-order chi connectivity index (χ0) is 14.1. The first-order chi connectivity index (χ1) is 9.66. The Morgan fingerprint density at radius 1 is 1.35 bits per heavy atom. The Morgan fingerprint density at radius 2 is 2.05 bits per heavy atom. The summed E-state index contributed by atoms with van der Waals surface area (Å²) in [4.78, 5) is 13.0. The van der Waals surface area contributed by atoms with E-state index in [1.54, 1.807) is 0 Å². The van der Waals surface area contributed by atoms with Gasteiger partial charge < -0.3 is 10.0 Å². The molecular weight excluding hydrogens is 276 g/mol. The molecule has 0 aromatic carbocycles. The molecule has 0 spiro atoms. The second-order valence-corrected chi connectivity index (χ2v) is 6.56. The van der Waals surface area contributed by atoms with Gasteiger partial charge in [-0.05, 0) is 25.7 Å². The van der Waals surface area contributed by atoms with Crippen LogP contribution in [0.2, 0.25) is 0 Å². The Labute approximate surface area is 122 Å². The van der Waals surface area contributed by atoms with Crippen molar-refractivity contribution in [1.82, 2.24) is 14.8 Å². The van der Waals surface area contributed by atoms with E-state index in [0.717, 1.165) is 23.9 Å². The van der Waals surface area contributed by atoms with E-state index >= 15 is 0 Å². The Hall–Kier alpha value is -1.24. The molecule has 0 amide bonds. The molecule has 2 aliphatic rings. The molecule has 0 saturated heterocycles. The first-order valence-electron chi connectivity index (χ1n) is 7.19. The molecule has 0 atom stereocenters. The van der Waals surface area contributed by atoms with Gasteiger partial charge >= 0.3 is 5.97 Å². The summed E-state index contributed by atoms with van der Waals surface area (Å²) in [5.74, 6) is 0.137. The van der Waals surface area contributed by atoms with E-state index in [1.807, 2.05) is 0 Å². The molecule has 0 unspecified atom stereocenters. The largest absolute Gasteiger partial charge is 0.481 e. The van der Waals surface area contributed by atoms with Gasteiger partial charge in [0, 0.05) is 19.1 Å². The fourth-order valence-electron chi connectivity index (χ4n) is 2.84. The summed E-state index contributed by atoms with van der Waals surface area (Å²) in [6.07, 6.45) is 7.18. The Morgan fingerprint density at radius 3 is 2.65 bits per heavy atom. The second-order valence-electron chi connectivity index (χ2n) is 5.62. The number of nitrogens with zero attached hydrogens (tertiary/aromatic N) is 4. The molecule has 2 saturated carbocycles. The van der Waals surface area contributed by atoms with Crippen LogP contribution in [0.1, 0.15) is 44.6 Å². The third-order valence-corrected chi connectivity index (χ3v) is 5.00. The predicted octanol–water partition coefficient (Wildman–Crippen LogP) is 2.17. The van der Waals surface area contributed by atoms with Gasteiger partial charge in [-0.2, -0.15) is 0 Å². The lowest BCUT2D eigenvalue weighted by atomic mass is 10.2. The monoisotopic (exact) mass is 296 g/mol. The highest BCUT2D eigenvalue weighted by Crippen LogP contribution is 2.38. The topological polar surface area (TPSA) is 71.2 Å². The highest BCUT2D eigenvalue weighted by molar-refractivity contribution is 7.99. The average molecular weight is 296 g/mol. The lowest BCUT2D eigenvalue weighted by Gasteiger charge is -2.22. The third kappa shape index (κ3) is 2.77. The maximum absolute atomic E-state index is 10.8. The van der Waals surface area contributed by atoms with Crippen LogP contribution in [0.5, 0.6) is 0 Å². The number of rotatable bonds is 6. The van der Waals surface area contributed by atoms with Crippen LogP contribution in [-0.2, 0) is 4.79 Å². The van der Waals surface area contributed by atoms with Crippen LogP contribution in [0.3, 0.4) is 0 Å². The van der Waals surface area contributed by atoms with Crippen LogP contribution < -0.4 is 4.90 Å². The van der Waals surface area contributed by atoms with Crippen molar-refractivity contribution in [3.05, 3.63) is 0 Å². The van der Waals surface area contributed by atoms with E-state index in [2.05, 4.69) is 26.7 Å². The van der Waals surface area contributed by atoms with E-state index in [0.29, 0.717) is 12.1 Å². The lowest BCUT2D eigenvalue weighted by Crippen LogP contribution is -2.25. The number of hydrogen-bond donors (Lipinski definition) is 1. The summed E-state index contributed by atoms with van der Waals surface area (Å²) >= 11 is 1.28. The van der Waals surface area contributed by atoms with Crippen LogP contribution in [0.4, 0.5) is 5.95 Å². The van der Waals surface area contributed by atoms with Crippen molar-refractivity contribution in [2.24, 2.45) is 0 Å². The van der Waals surface area contributed by atoms with Crippen LogP contribution in [0.15, 0.2) is 5.16 Å². The van der Waals surface area contributed by atoms with E-state index in [9.17, 15) is 4.79 Å². The van der Waals surface area contributed by atoms with Crippen molar-refractivity contribution >= 4 is 23.7 Å². The van der Waals surface area contributed by atoms with Gasteiger partial charge in [0.2, 0.25) is 5.95 Å². The number of carbonyl (C=O) groups is 1. The summed E-state index contributed by atoms with van der Waals surface area (Å²) in [5, 5.41) is 18.2. The van der Waals surface area contributed by atoms with E-state index in [-0.39, 0.29) is 5.75 Å². The molecule has 2 fully saturated rings. The quantitative estimate of drug-likeness (QED) is 0.811. The van der Waals surface area contributed by atoms with Crippen molar-refractivity contribution in [2.45, 2.75) is 55.8 Å². The van der Waals surface area contributed by atoms with Crippen molar-refractivity contribution in [3.8, 4) is 0 Å². The molecular formula is C13H20N4O2S. The van der Waals surface area contributed by atoms with Gasteiger partial charge in [-0.15, -0.1) is 10.2 Å². The Balaban J connectivity index is 1.86. The van der Waals surface area contributed by atoms with Crippen molar-refractivity contribution < 1.29 is 9.90 Å². The smallest absolute Gasteiger partial charge is 0.313 e. The molecule has 1 aromatic heterocycles. The van der Waals surface area contributed by atoms with E-state index in [4.69, 9.17) is 5.11 Å². The number of aliphatic carboxylic acids is 1. The van der Waals surface area contributed by atoms with Crippen molar-refractivity contribution in [2.75, 3.05) is 17.7 Å². The normalized spacial score (nSPS) is 19.4. The van der Waals surface area contributed by atoms with Crippen LogP contribution in [0.25, 0.3) is 0 Å². The molecule has 1 N–H and O–H groups in total. The van der Waals surface area contributed by atoms with Crippen LogP contribution >= 0.6 is 11.8 Å². The molecule has 2 aliphatic carbocycles. The summed E-state index contributed by atoms with van der Waals surface area (Å²) in [6.45, 7) is 0. The van der Waals surface area contributed by atoms with Crippen LogP contribution in [-0.4, -0.2) is 44.7 Å². The number of carboxylic acid groups (broad SMARTS) is 1.